The van der Waals surface area contributed by atoms with Crippen LogP contribution in [0.3, 0.4) is 0 Å². The molecule has 0 radical (unpaired) electrons. The third-order valence-electron chi connectivity index (χ3n) is 5.03. The molecule has 1 saturated carbocycles. The molecule has 2 aliphatic rings. The predicted octanol–water partition coefficient (Wildman–Crippen LogP) is 1.52. The van der Waals surface area contributed by atoms with Crippen LogP contribution in [-0.2, 0) is 20.8 Å². The molecule has 1 amide bonds. The number of carbonyl (C=O) groups excluding carboxylic acids is 1. The lowest BCUT2D eigenvalue weighted by atomic mass is 9.86. The van der Waals surface area contributed by atoms with E-state index in [-0.39, 0.29) is 24.6 Å². The molecule has 2 aromatic rings. The van der Waals surface area contributed by atoms with E-state index in [9.17, 15) is 4.79 Å². The number of hydrogen-bond donors (Lipinski definition) is 1. The molecule has 0 spiro atoms. The zero-order chi connectivity index (χ0) is 17.1. The molecule has 1 N–H and O–H groups in total. The average Bonchev–Trinajstić information content (AvgIpc) is 2.97. The smallest absolute Gasteiger partial charge is 0.243 e. The maximum Gasteiger partial charge on any atom is 0.243 e. The van der Waals surface area contributed by atoms with Crippen LogP contribution in [0.1, 0.15) is 25.7 Å². The molecule has 1 aliphatic heterocycles. The Morgan fingerprint density at radius 2 is 2.00 bits per heavy atom. The molecule has 134 valence electrons. The van der Waals surface area contributed by atoms with Gasteiger partial charge in [-0.1, -0.05) is 18.6 Å². The lowest BCUT2D eigenvalue weighted by Gasteiger charge is -2.34. The summed E-state index contributed by atoms with van der Waals surface area (Å²) in [6, 6.07) is 7.59. The summed E-state index contributed by atoms with van der Waals surface area (Å²) in [5.74, 6) is 0.587. The van der Waals surface area contributed by atoms with Crippen molar-refractivity contribution < 1.29 is 14.3 Å². The SMILES string of the molecule is O=C(Cn1nc2ccccc2n1)N[C@@H]1CCOC[C@H]1OCC1CCC1. The van der Waals surface area contributed by atoms with Crippen LogP contribution in [0, 0.1) is 5.92 Å². The highest BCUT2D eigenvalue weighted by molar-refractivity contribution is 5.77. The minimum Gasteiger partial charge on any atom is -0.379 e. The first-order valence-electron chi connectivity index (χ1n) is 9.06. The largest absolute Gasteiger partial charge is 0.379 e. The Balaban J connectivity index is 1.32. The van der Waals surface area contributed by atoms with Crippen LogP contribution in [-0.4, -0.2) is 52.9 Å². The third kappa shape index (κ3) is 3.99. The van der Waals surface area contributed by atoms with Gasteiger partial charge in [-0.2, -0.15) is 15.0 Å². The van der Waals surface area contributed by atoms with Crippen LogP contribution in [0.25, 0.3) is 11.0 Å². The van der Waals surface area contributed by atoms with Crippen molar-refractivity contribution in [1.82, 2.24) is 20.3 Å². The van der Waals surface area contributed by atoms with Gasteiger partial charge in [0.2, 0.25) is 5.91 Å². The van der Waals surface area contributed by atoms with Crippen LogP contribution in [0.5, 0.6) is 0 Å². The summed E-state index contributed by atoms with van der Waals surface area (Å²) in [6.07, 6.45) is 4.52. The average molecular weight is 344 g/mol. The predicted molar refractivity (Wildman–Crippen MR) is 92.0 cm³/mol. The van der Waals surface area contributed by atoms with Crippen LogP contribution >= 0.6 is 0 Å². The van der Waals surface area contributed by atoms with Gasteiger partial charge in [0.05, 0.1) is 12.6 Å². The van der Waals surface area contributed by atoms with E-state index in [4.69, 9.17) is 9.47 Å². The Morgan fingerprint density at radius 1 is 1.24 bits per heavy atom. The monoisotopic (exact) mass is 344 g/mol. The lowest BCUT2D eigenvalue weighted by molar-refractivity contribution is -0.128. The number of fused-ring (bicyclic) bond motifs is 1. The molecule has 1 aromatic heterocycles. The fourth-order valence-electron chi connectivity index (χ4n) is 3.32. The molecule has 25 heavy (non-hydrogen) atoms. The first-order chi connectivity index (χ1) is 12.3. The van der Waals surface area contributed by atoms with E-state index in [2.05, 4.69) is 15.5 Å². The topological polar surface area (TPSA) is 78.3 Å². The van der Waals surface area contributed by atoms with Gasteiger partial charge in [0.25, 0.3) is 0 Å². The van der Waals surface area contributed by atoms with Gasteiger partial charge >= 0.3 is 0 Å². The molecular weight excluding hydrogens is 320 g/mol. The van der Waals surface area contributed by atoms with Gasteiger partial charge in [0, 0.05) is 13.2 Å². The summed E-state index contributed by atoms with van der Waals surface area (Å²) in [4.78, 5) is 13.8. The maximum atomic E-state index is 12.4. The number of rotatable bonds is 6. The van der Waals surface area contributed by atoms with Crippen molar-refractivity contribution in [2.75, 3.05) is 19.8 Å². The Morgan fingerprint density at radius 3 is 2.68 bits per heavy atom. The van der Waals surface area contributed by atoms with Gasteiger partial charge in [0.15, 0.2) is 0 Å². The fourth-order valence-corrected chi connectivity index (χ4v) is 3.32. The quantitative estimate of drug-likeness (QED) is 0.860. The van der Waals surface area contributed by atoms with Gasteiger partial charge in [-0.15, -0.1) is 0 Å². The highest BCUT2D eigenvalue weighted by Gasteiger charge is 2.29. The molecule has 4 rings (SSSR count). The number of nitrogens with one attached hydrogen (secondary N) is 1. The second-order valence-corrected chi connectivity index (χ2v) is 6.93. The van der Waals surface area contributed by atoms with Crippen LogP contribution in [0.15, 0.2) is 24.3 Å². The first-order valence-corrected chi connectivity index (χ1v) is 9.06. The highest BCUT2D eigenvalue weighted by Crippen LogP contribution is 2.27. The molecule has 7 heteroatoms. The molecule has 1 saturated heterocycles. The molecule has 2 atom stereocenters. The number of aromatic nitrogens is 3. The fraction of sp³-hybridized carbons (Fsp3) is 0.611. The minimum atomic E-state index is -0.0931. The van der Waals surface area contributed by atoms with Gasteiger partial charge in [-0.25, -0.2) is 0 Å². The molecule has 7 nitrogen and oxygen atoms in total. The van der Waals surface area contributed by atoms with Crippen molar-refractivity contribution >= 4 is 16.9 Å². The van der Waals surface area contributed by atoms with Crippen molar-refractivity contribution in [3.8, 4) is 0 Å². The molecule has 0 bridgehead atoms. The number of carbonyl (C=O) groups is 1. The highest BCUT2D eigenvalue weighted by atomic mass is 16.5. The van der Waals surface area contributed by atoms with E-state index in [1.54, 1.807) is 0 Å². The van der Waals surface area contributed by atoms with E-state index in [1.807, 2.05) is 24.3 Å². The zero-order valence-corrected chi connectivity index (χ0v) is 14.3. The van der Waals surface area contributed by atoms with Crippen molar-refractivity contribution in [3.63, 3.8) is 0 Å². The van der Waals surface area contributed by atoms with E-state index in [1.165, 1.54) is 24.1 Å². The Hall–Kier alpha value is -1.99. The van der Waals surface area contributed by atoms with Crippen molar-refractivity contribution in [2.45, 2.75) is 44.4 Å². The number of amides is 1. The normalized spacial score (nSPS) is 24.2. The van der Waals surface area contributed by atoms with Crippen LogP contribution in [0.4, 0.5) is 0 Å². The van der Waals surface area contributed by atoms with Crippen molar-refractivity contribution in [2.24, 2.45) is 5.92 Å². The van der Waals surface area contributed by atoms with Crippen molar-refractivity contribution in [1.29, 1.82) is 0 Å². The first kappa shape index (κ1) is 16.5. The number of ether oxygens (including phenoxy) is 2. The Kier molecular flexibility index (Phi) is 4.94. The summed E-state index contributed by atoms with van der Waals surface area (Å²) in [5, 5.41) is 11.7. The summed E-state index contributed by atoms with van der Waals surface area (Å²) in [7, 11) is 0. The molecule has 2 fully saturated rings. The van der Waals surface area contributed by atoms with Gasteiger partial charge in [-0.3, -0.25) is 4.79 Å². The Bertz CT molecular complexity index is 695. The summed E-state index contributed by atoms with van der Waals surface area (Å²) in [6.45, 7) is 2.08. The summed E-state index contributed by atoms with van der Waals surface area (Å²) >= 11 is 0. The number of nitrogens with zero attached hydrogens (tertiary/aromatic N) is 3. The van der Waals surface area contributed by atoms with Gasteiger partial charge in [0.1, 0.15) is 23.7 Å². The molecule has 1 aromatic carbocycles. The van der Waals surface area contributed by atoms with Crippen LogP contribution in [0.2, 0.25) is 0 Å². The molecule has 1 aliphatic carbocycles. The summed E-state index contributed by atoms with van der Waals surface area (Å²) in [5.41, 5.74) is 1.59. The molecule has 0 unspecified atom stereocenters. The van der Waals surface area contributed by atoms with E-state index in [0.29, 0.717) is 19.1 Å². The lowest BCUT2D eigenvalue weighted by Crippen LogP contribution is -2.51. The van der Waals surface area contributed by atoms with E-state index >= 15 is 0 Å². The molecule has 2 heterocycles. The van der Waals surface area contributed by atoms with Gasteiger partial charge < -0.3 is 14.8 Å². The zero-order valence-electron chi connectivity index (χ0n) is 14.3. The third-order valence-corrected chi connectivity index (χ3v) is 5.03. The second kappa shape index (κ2) is 7.49. The van der Waals surface area contributed by atoms with Crippen molar-refractivity contribution in [3.05, 3.63) is 24.3 Å². The van der Waals surface area contributed by atoms with E-state index in [0.717, 1.165) is 24.1 Å². The van der Waals surface area contributed by atoms with Gasteiger partial charge in [-0.05, 0) is 37.3 Å². The minimum absolute atomic E-state index is 0.00805. The Labute approximate surface area is 146 Å². The number of benzene rings is 1. The van der Waals surface area contributed by atoms with E-state index < -0.39 is 0 Å². The maximum absolute atomic E-state index is 12.4. The number of hydrogen-bond acceptors (Lipinski definition) is 5. The standard InChI is InChI=1S/C18H24N4O3/c23-18(10-22-20-14-6-1-2-7-15(14)21-22)19-16-8-9-24-12-17(16)25-11-13-4-3-5-13/h1-2,6-7,13,16-17H,3-5,8-12H2,(H,19,23)/t16-,17-/m1/s1. The van der Waals surface area contributed by atoms with Crippen LogP contribution < -0.4 is 5.32 Å². The summed E-state index contributed by atoms with van der Waals surface area (Å²) < 4.78 is 11.6. The second-order valence-electron chi connectivity index (χ2n) is 6.93. The molecular formula is C18H24N4O3.